The summed E-state index contributed by atoms with van der Waals surface area (Å²) in [7, 11) is 0. The Bertz CT molecular complexity index is 380. The van der Waals surface area contributed by atoms with Crippen LogP contribution in [-0.4, -0.2) is 20.2 Å². The minimum atomic E-state index is 1.00. The molecule has 2 aromatic rings. The molecule has 0 bridgehead atoms. The van der Waals surface area contributed by atoms with Gasteiger partial charge < -0.3 is 0 Å². The molecule has 0 aliphatic heterocycles. The molecule has 0 N–H and O–H groups in total. The predicted octanol–water partition coefficient (Wildman–Crippen LogP) is 1.22. The van der Waals surface area contributed by atoms with Gasteiger partial charge in [-0.15, -0.1) is 5.10 Å². The fourth-order valence-corrected chi connectivity index (χ4v) is 1.20. The SMILES string of the molecule is CCc1cccc(-n2cnnn2)c1. The van der Waals surface area contributed by atoms with E-state index >= 15 is 0 Å². The summed E-state index contributed by atoms with van der Waals surface area (Å²) >= 11 is 0. The Morgan fingerprint density at radius 1 is 1.38 bits per heavy atom. The number of rotatable bonds is 2. The van der Waals surface area contributed by atoms with E-state index < -0.39 is 0 Å². The van der Waals surface area contributed by atoms with Gasteiger partial charge in [-0.25, -0.2) is 4.68 Å². The Balaban J connectivity index is 2.41. The summed E-state index contributed by atoms with van der Waals surface area (Å²) in [6, 6.07) is 8.16. The van der Waals surface area contributed by atoms with Crippen molar-refractivity contribution in [1.29, 1.82) is 0 Å². The van der Waals surface area contributed by atoms with E-state index in [0.29, 0.717) is 0 Å². The molecule has 0 unspecified atom stereocenters. The molecule has 0 amide bonds. The zero-order valence-electron chi connectivity index (χ0n) is 7.38. The molecule has 0 saturated heterocycles. The second-order valence-electron chi connectivity index (χ2n) is 2.78. The van der Waals surface area contributed by atoms with E-state index in [2.05, 4.69) is 34.6 Å². The fraction of sp³-hybridized carbons (Fsp3) is 0.222. The Labute approximate surface area is 76.2 Å². The molecule has 0 aliphatic carbocycles. The number of aromatic nitrogens is 4. The largest absolute Gasteiger partial charge is 0.201 e. The summed E-state index contributed by atoms with van der Waals surface area (Å²) in [6.45, 7) is 2.12. The van der Waals surface area contributed by atoms with Crippen LogP contribution in [0.5, 0.6) is 0 Å². The highest BCUT2D eigenvalue weighted by molar-refractivity contribution is 5.34. The fourth-order valence-electron chi connectivity index (χ4n) is 1.20. The average Bonchev–Trinajstić information content (AvgIpc) is 2.71. The normalized spacial score (nSPS) is 10.2. The van der Waals surface area contributed by atoms with Crippen LogP contribution in [-0.2, 0) is 6.42 Å². The van der Waals surface area contributed by atoms with Crippen LogP contribution in [0.1, 0.15) is 12.5 Å². The first-order valence-electron chi connectivity index (χ1n) is 4.22. The van der Waals surface area contributed by atoms with Gasteiger partial charge in [0.15, 0.2) is 0 Å². The molecule has 0 aliphatic rings. The lowest BCUT2D eigenvalue weighted by Crippen LogP contribution is -1.95. The van der Waals surface area contributed by atoms with Crippen LogP contribution < -0.4 is 0 Å². The summed E-state index contributed by atoms with van der Waals surface area (Å²) in [6.07, 6.45) is 2.62. The van der Waals surface area contributed by atoms with Gasteiger partial charge in [-0.2, -0.15) is 0 Å². The maximum absolute atomic E-state index is 3.82. The number of hydrogen-bond acceptors (Lipinski definition) is 3. The Morgan fingerprint density at radius 3 is 3.00 bits per heavy atom. The van der Waals surface area contributed by atoms with E-state index in [-0.39, 0.29) is 0 Å². The zero-order valence-corrected chi connectivity index (χ0v) is 7.38. The van der Waals surface area contributed by atoms with Crippen LogP contribution in [0, 0.1) is 0 Å². The molecule has 2 rings (SSSR count). The summed E-state index contributed by atoms with van der Waals surface area (Å²) < 4.78 is 1.65. The number of aryl methyl sites for hydroxylation is 1. The topological polar surface area (TPSA) is 43.6 Å². The summed E-state index contributed by atoms with van der Waals surface area (Å²) in [4.78, 5) is 0. The van der Waals surface area contributed by atoms with Crippen molar-refractivity contribution >= 4 is 0 Å². The van der Waals surface area contributed by atoms with Gasteiger partial charge in [-0.1, -0.05) is 19.1 Å². The van der Waals surface area contributed by atoms with Crippen LogP contribution in [0.3, 0.4) is 0 Å². The highest BCUT2D eigenvalue weighted by Gasteiger charge is 1.97. The minimum Gasteiger partial charge on any atom is -0.201 e. The van der Waals surface area contributed by atoms with Crippen LogP contribution in [0.15, 0.2) is 30.6 Å². The van der Waals surface area contributed by atoms with E-state index in [9.17, 15) is 0 Å². The molecule has 0 fully saturated rings. The van der Waals surface area contributed by atoms with Gasteiger partial charge in [0.2, 0.25) is 0 Å². The van der Waals surface area contributed by atoms with Crippen LogP contribution in [0.4, 0.5) is 0 Å². The number of benzene rings is 1. The van der Waals surface area contributed by atoms with Crippen molar-refractivity contribution in [3.8, 4) is 5.69 Å². The molecule has 0 atom stereocenters. The van der Waals surface area contributed by atoms with Crippen molar-refractivity contribution in [2.45, 2.75) is 13.3 Å². The predicted molar refractivity (Wildman–Crippen MR) is 48.5 cm³/mol. The van der Waals surface area contributed by atoms with Gasteiger partial charge in [0.05, 0.1) is 5.69 Å². The lowest BCUT2D eigenvalue weighted by atomic mass is 10.1. The van der Waals surface area contributed by atoms with Crippen molar-refractivity contribution in [3.63, 3.8) is 0 Å². The van der Waals surface area contributed by atoms with Crippen molar-refractivity contribution in [1.82, 2.24) is 20.2 Å². The van der Waals surface area contributed by atoms with Crippen molar-refractivity contribution in [2.75, 3.05) is 0 Å². The number of nitrogens with zero attached hydrogens (tertiary/aromatic N) is 4. The maximum Gasteiger partial charge on any atom is 0.143 e. The van der Waals surface area contributed by atoms with E-state index in [0.717, 1.165) is 12.1 Å². The van der Waals surface area contributed by atoms with Crippen LogP contribution in [0.2, 0.25) is 0 Å². The van der Waals surface area contributed by atoms with Gasteiger partial charge in [-0.3, -0.25) is 0 Å². The third-order valence-corrected chi connectivity index (χ3v) is 1.93. The molecular weight excluding hydrogens is 164 g/mol. The number of hydrogen-bond donors (Lipinski definition) is 0. The molecular formula is C9H10N4. The van der Waals surface area contributed by atoms with Crippen molar-refractivity contribution < 1.29 is 0 Å². The quantitative estimate of drug-likeness (QED) is 0.687. The van der Waals surface area contributed by atoms with E-state index in [1.165, 1.54) is 5.56 Å². The Hall–Kier alpha value is -1.71. The first-order valence-corrected chi connectivity index (χ1v) is 4.22. The molecule has 4 nitrogen and oxygen atoms in total. The lowest BCUT2D eigenvalue weighted by molar-refractivity contribution is 0.788. The monoisotopic (exact) mass is 174 g/mol. The maximum atomic E-state index is 3.82. The highest BCUT2D eigenvalue weighted by atomic mass is 15.5. The van der Waals surface area contributed by atoms with Gasteiger partial charge in [0.1, 0.15) is 6.33 Å². The Morgan fingerprint density at radius 2 is 2.31 bits per heavy atom. The zero-order chi connectivity index (χ0) is 9.10. The molecule has 66 valence electrons. The van der Waals surface area contributed by atoms with Crippen molar-refractivity contribution in [2.24, 2.45) is 0 Å². The molecule has 0 radical (unpaired) electrons. The molecule has 13 heavy (non-hydrogen) atoms. The van der Waals surface area contributed by atoms with Crippen LogP contribution in [0.25, 0.3) is 5.69 Å². The Kier molecular flexibility index (Phi) is 2.04. The van der Waals surface area contributed by atoms with Gasteiger partial charge in [0, 0.05) is 0 Å². The van der Waals surface area contributed by atoms with E-state index in [1.54, 1.807) is 11.0 Å². The van der Waals surface area contributed by atoms with E-state index in [1.807, 2.05) is 12.1 Å². The van der Waals surface area contributed by atoms with Gasteiger partial charge >= 0.3 is 0 Å². The molecule has 1 aromatic carbocycles. The molecule has 0 spiro atoms. The highest BCUT2D eigenvalue weighted by Crippen LogP contribution is 2.08. The third-order valence-electron chi connectivity index (χ3n) is 1.93. The molecule has 1 aromatic heterocycles. The smallest absolute Gasteiger partial charge is 0.143 e. The lowest BCUT2D eigenvalue weighted by Gasteiger charge is -2.00. The first kappa shape index (κ1) is 7.91. The van der Waals surface area contributed by atoms with E-state index in [4.69, 9.17) is 0 Å². The summed E-state index contributed by atoms with van der Waals surface area (Å²) in [5, 5.41) is 11.0. The number of tetrazole rings is 1. The second-order valence-corrected chi connectivity index (χ2v) is 2.78. The summed E-state index contributed by atoms with van der Waals surface area (Å²) in [5.41, 5.74) is 2.29. The van der Waals surface area contributed by atoms with Gasteiger partial charge in [-0.05, 0) is 34.5 Å². The molecule has 0 saturated carbocycles. The standard InChI is InChI=1S/C9H10N4/c1-2-8-4-3-5-9(6-8)13-7-10-11-12-13/h3-7H,2H2,1H3. The first-order chi connectivity index (χ1) is 6.40. The second kappa shape index (κ2) is 3.35. The minimum absolute atomic E-state index is 1.00. The summed E-state index contributed by atoms with van der Waals surface area (Å²) in [5.74, 6) is 0. The molecule has 4 heteroatoms. The average molecular weight is 174 g/mol. The van der Waals surface area contributed by atoms with Crippen LogP contribution >= 0.6 is 0 Å². The van der Waals surface area contributed by atoms with Gasteiger partial charge in [0.25, 0.3) is 0 Å². The third kappa shape index (κ3) is 1.56. The van der Waals surface area contributed by atoms with Crippen molar-refractivity contribution in [3.05, 3.63) is 36.2 Å². The molecule has 1 heterocycles.